The Morgan fingerprint density at radius 3 is 3.00 bits per heavy atom. The Morgan fingerprint density at radius 2 is 2.19 bits per heavy atom. The summed E-state index contributed by atoms with van der Waals surface area (Å²) in [6, 6.07) is 3.47. The molecule has 1 saturated heterocycles. The molecule has 0 aliphatic carbocycles. The molecule has 2 unspecified atom stereocenters. The number of halogens is 2. The smallest absolute Gasteiger partial charge is 0.267 e. The Kier molecular flexibility index (Phi) is 4.96. The second-order valence-electron chi connectivity index (χ2n) is 6.61. The van der Waals surface area contributed by atoms with E-state index >= 15 is 0 Å². The molecule has 142 valence electrons. The van der Waals surface area contributed by atoms with Crippen LogP contribution in [0.15, 0.2) is 34.3 Å². The maximum absolute atomic E-state index is 13.6. The van der Waals surface area contributed by atoms with Crippen LogP contribution in [0, 0.1) is 11.6 Å². The number of hydrogen-bond donors (Lipinski definition) is 2. The highest BCUT2D eigenvalue weighted by Gasteiger charge is 2.30. The third kappa shape index (κ3) is 3.49. The van der Waals surface area contributed by atoms with E-state index in [9.17, 15) is 18.4 Å². The van der Waals surface area contributed by atoms with Crippen molar-refractivity contribution in [3.05, 3.63) is 57.5 Å². The maximum atomic E-state index is 13.6. The molecule has 1 aromatic carbocycles. The number of amides is 1. The lowest BCUT2D eigenvalue weighted by Gasteiger charge is -2.33. The van der Waals surface area contributed by atoms with Gasteiger partial charge in [-0.1, -0.05) is 17.8 Å². The van der Waals surface area contributed by atoms with Gasteiger partial charge < -0.3 is 10.6 Å². The van der Waals surface area contributed by atoms with Crippen molar-refractivity contribution in [1.82, 2.24) is 20.2 Å². The zero-order valence-electron chi connectivity index (χ0n) is 14.4. The van der Waals surface area contributed by atoms with E-state index in [1.165, 1.54) is 34.7 Å². The van der Waals surface area contributed by atoms with Gasteiger partial charge in [0.2, 0.25) is 0 Å². The molecule has 1 fully saturated rings. The van der Waals surface area contributed by atoms with Crippen LogP contribution >= 0.6 is 11.8 Å². The summed E-state index contributed by atoms with van der Waals surface area (Å²) in [4.78, 5) is 29.4. The summed E-state index contributed by atoms with van der Waals surface area (Å²) in [5.74, 6) is -1.72. The summed E-state index contributed by atoms with van der Waals surface area (Å²) in [5.41, 5.74) is 0.271. The molecular weight excluding hydrogens is 374 g/mol. The highest BCUT2D eigenvalue weighted by molar-refractivity contribution is 7.99. The summed E-state index contributed by atoms with van der Waals surface area (Å²) >= 11 is 1.48. The Hall–Kier alpha value is -2.26. The van der Waals surface area contributed by atoms with E-state index in [1.807, 2.05) is 0 Å². The summed E-state index contributed by atoms with van der Waals surface area (Å²) in [7, 11) is 0. The molecule has 27 heavy (non-hydrogen) atoms. The highest BCUT2D eigenvalue weighted by atomic mass is 32.2. The predicted octanol–water partition coefficient (Wildman–Crippen LogP) is 1.50. The monoisotopic (exact) mass is 392 g/mol. The molecule has 9 heteroatoms. The lowest BCUT2D eigenvalue weighted by Crippen LogP contribution is -2.51. The van der Waals surface area contributed by atoms with Gasteiger partial charge in [0, 0.05) is 37.0 Å². The van der Waals surface area contributed by atoms with Crippen LogP contribution in [-0.2, 0) is 6.54 Å². The minimum atomic E-state index is -0.908. The quantitative estimate of drug-likeness (QED) is 0.775. The Balaban J connectivity index is 1.57. The van der Waals surface area contributed by atoms with E-state index in [0.717, 1.165) is 11.8 Å². The van der Waals surface area contributed by atoms with Crippen LogP contribution in [0.2, 0.25) is 0 Å². The van der Waals surface area contributed by atoms with Gasteiger partial charge in [-0.3, -0.25) is 14.2 Å². The van der Waals surface area contributed by atoms with Gasteiger partial charge in [-0.15, -0.1) is 0 Å². The first-order chi connectivity index (χ1) is 13.0. The van der Waals surface area contributed by atoms with Crippen LogP contribution in [0.5, 0.6) is 0 Å². The molecule has 1 amide bonds. The van der Waals surface area contributed by atoms with Gasteiger partial charge in [-0.25, -0.2) is 13.8 Å². The van der Waals surface area contributed by atoms with Gasteiger partial charge in [0.15, 0.2) is 16.8 Å². The molecule has 0 saturated carbocycles. The van der Waals surface area contributed by atoms with E-state index in [1.54, 1.807) is 0 Å². The van der Waals surface area contributed by atoms with Crippen LogP contribution in [0.3, 0.4) is 0 Å². The van der Waals surface area contributed by atoms with Crippen LogP contribution < -0.4 is 16.2 Å². The van der Waals surface area contributed by atoms with Crippen molar-refractivity contribution in [2.24, 2.45) is 0 Å². The Morgan fingerprint density at radius 1 is 1.33 bits per heavy atom. The number of fused-ring (bicyclic) bond motifs is 1. The molecule has 1 aromatic heterocycles. The van der Waals surface area contributed by atoms with E-state index in [0.29, 0.717) is 36.8 Å². The van der Waals surface area contributed by atoms with Crippen LogP contribution in [-0.4, -0.2) is 40.3 Å². The number of nitrogens with zero attached hydrogens (tertiary/aromatic N) is 2. The number of thioether (sulfide) groups is 1. The average molecular weight is 392 g/mol. The molecule has 3 heterocycles. The van der Waals surface area contributed by atoms with Crippen molar-refractivity contribution >= 4 is 17.7 Å². The number of carbonyl (C=O) groups is 1. The standard InChI is InChI=1S/C18H18F2N4O2S/c19-13-2-1-10(7-14(13)20)11-3-4-21-9-15(11)23-16(25)12-8-22-18-24(17(12)26)5-6-27-18/h1-2,7-8,11,15,21H,3-6,9H2,(H,23,25). The summed E-state index contributed by atoms with van der Waals surface area (Å²) in [6.45, 7) is 1.72. The fraction of sp³-hybridized carbons (Fsp3) is 0.389. The van der Waals surface area contributed by atoms with Crippen LogP contribution in [0.25, 0.3) is 0 Å². The molecule has 2 aromatic rings. The molecule has 4 rings (SSSR count). The van der Waals surface area contributed by atoms with Gasteiger partial charge in [0.1, 0.15) is 5.56 Å². The van der Waals surface area contributed by atoms with Crippen molar-refractivity contribution < 1.29 is 13.6 Å². The summed E-state index contributed by atoms with van der Waals surface area (Å²) in [6.07, 6.45) is 1.97. The van der Waals surface area contributed by atoms with E-state index in [2.05, 4.69) is 15.6 Å². The van der Waals surface area contributed by atoms with Crippen LogP contribution in [0.4, 0.5) is 8.78 Å². The van der Waals surface area contributed by atoms with Crippen molar-refractivity contribution in [3.63, 3.8) is 0 Å². The molecule has 2 atom stereocenters. The van der Waals surface area contributed by atoms with Gasteiger partial charge >= 0.3 is 0 Å². The number of nitrogens with one attached hydrogen (secondary N) is 2. The summed E-state index contributed by atoms with van der Waals surface area (Å²) in [5, 5.41) is 6.68. The zero-order valence-corrected chi connectivity index (χ0v) is 15.2. The first-order valence-electron chi connectivity index (χ1n) is 8.74. The predicted molar refractivity (Wildman–Crippen MR) is 97.1 cm³/mol. The second kappa shape index (κ2) is 7.40. The second-order valence-corrected chi connectivity index (χ2v) is 7.67. The molecule has 2 aliphatic rings. The molecule has 0 spiro atoms. The SMILES string of the molecule is O=C(NC1CNCCC1c1ccc(F)c(F)c1)c1cnc2n(c1=O)CCS2. The first-order valence-corrected chi connectivity index (χ1v) is 9.72. The molecule has 0 bridgehead atoms. The third-order valence-electron chi connectivity index (χ3n) is 4.97. The van der Waals surface area contributed by atoms with Crippen LogP contribution in [0.1, 0.15) is 28.3 Å². The van der Waals surface area contributed by atoms with Gasteiger partial charge in [-0.2, -0.15) is 0 Å². The van der Waals surface area contributed by atoms with E-state index in [-0.39, 0.29) is 23.1 Å². The zero-order chi connectivity index (χ0) is 19.0. The molecule has 6 nitrogen and oxygen atoms in total. The first kappa shape index (κ1) is 18.1. The molecular formula is C18H18F2N4O2S. The summed E-state index contributed by atoms with van der Waals surface area (Å²) < 4.78 is 28.4. The minimum Gasteiger partial charge on any atom is -0.347 e. The third-order valence-corrected chi connectivity index (χ3v) is 5.94. The normalized spacial score (nSPS) is 21.7. The van der Waals surface area contributed by atoms with Crippen molar-refractivity contribution in [2.45, 2.75) is 30.1 Å². The lowest BCUT2D eigenvalue weighted by molar-refractivity contribution is 0.0921. The number of aromatic nitrogens is 2. The largest absolute Gasteiger partial charge is 0.347 e. The Labute approximate surface area is 158 Å². The highest BCUT2D eigenvalue weighted by Crippen LogP contribution is 2.27. The maximum Gasteiger partial charge on any atom is 0.267 e. The van der Waals surface area contributed by atoms with Gasteiger partial charge in [0.05, 0.1) is 0 Å². The van der Waals surface area contributed by atoms with Crippen molar-refractivity contribution in [1.29, 1.82) is 0 Å². The number of hydrogen-bond acceptors (Lipinski definition) is 5. The van der Waals surface area contributed by atoms with Crippen molar-refractivity contribution in [3.8, 4) is 0 Å². The van der Waals surface area contributed by atoms with Crippen molar-refractivity contribution in [2.75, 3.05) is 18.8 Å². The number of rotatable bonds is 3. The van der Waals surface area contributed by atoms with E-state index < -0.39 is 17.5 Å². The molecule has 2 aliphatic heterocycles. The fourth-order valence-corrected chi connectivity index (χ4v) is 4.49. The lowest BCUT2D eigenvalue weighted by atomic mass is 9.86. The fourth-order valence-electron chi connectivity index (χ4n) is 3.57. The van der Waals surface area contributed by atoms with E-state index in [4.69, 9.17) is 0 Å². The van der Waals surface area contributed by atoms with Gasteiger partial charge in [-0.05, 0) is 30.7 Å². The minimum absolute atomic E-state index is 0.00383. The molecule has 2 N–H and O–H groups in total. The molecule has 0 radical (unpaired) electrons. The topological polar surface area (TPSA) is 76.0 Å². The Bertz CT molecular complexity index is 949. The number of benzene rings is 1. The van der Waals surface area contributed by atoms with Gasteiger partial charge in [0.25, 0.3) is 11.5 Å². The number of piperidine rings is 1. The number of carbonyl (C=O) groups excluding carboxylic acids is 1. The average Bonchev–Trinajstić information content (AvgIpc) is 3.14.